The first-order chi connectivity index (χ1) is 18.1. The van der Waals surface area contributed by atoms with Gasteiger partial charge in [0.2, 0.25) is 5.91 Å². The maximum absolute atomic E-state index is 13.2. The molecule has 2 heterocycles. The number of rotatable bonds is 10. The lowest BCUT2D eigenvalue weighted by molar-refractivity contribution is -0.159. The fraction of sp³-hybridized carbons (Fsp3) is 0.423. The molecule has 1 saturated heterocycles. The Morgan fingerprint density at radius 2 is 1.82 bits per heavy atom. The molecule has 0 saturated carbocycles. The predicted octanol–water partition coefficient (Wildman–Crippen LogP) is 1.29. The van der Waals surface area contributed by atoms with Gasteiger partial charge in [-0.2, -0.15) is 0 Å². The monoisotopic (exact) mass is 525 g/mol. The van der Waals surface area contributed by atoms with Crippen molar-refractivity contribution in [1.29, 1.82) is 0 Å². The Kier molecular flexibility index (Phi) is 9.97. The van der Waals surface area contributed by atoms with E-state index in [2.05, 4.69) is 20.4 Å². The quantitative estimate of drug-likeness (QED) is 0.308. The highest BCUT2D eigenvalue weighted by Crippen LogP contribution is 2.19. The van der Waals surface area contributed by atoms with E-state index in [1.54, 1.807) is 12.1 Å². The molecule has 3 N–H and O–H groups in total. The number of benzene rings is 1. The summed E-state index contributed by atoms with van der Waals surface area (Å²) in [5.74, 6) is -3.62. The van der Waals surface area contributed by atoms with Crippen LogP contribution in [0.3, 0.4) is 0 Å². The number of aliphatic hydroxyl groups excluding tert-OH is 1. The Morgan fingerprint density at radius 1 is 1.11 bits per heavy atom. The molecule has 2 aromatic rings. The zero-order valence-corrected chi connectivity index (χ0v) is 21.7. The Hall–Kier alpha value is -3.77. The lowest BCUT2D eigenvalue weighted by atomic mass is 9.72. The van der Waals surface area contributed by atoms with Crippen LogP contribution in [0.2, 0.25) is 0 Å². The van der Waals surface area contributed by atoms with Crippen LogP contribution < -0.4 is 10.6 Å². The van der Waals surface area contributed by atoms with E-state index < -0.39 is 55.1 Å². The van der Waals surface area contributed by atoms with Crippen LogP contribution in [-0.4, -0.2) is 72.3 Å². The number of nitrogens with one attached hydrogen (secondary N) is 2. The smallest absolute Gasteiger partial charge is 0.508 e. The number of nitrogens with zero attached hydrogens (tertiary/aromatic N) is 1. The van der Waals surface area contributed by atoms with Crippen molar-refractivity contribution in [3.63, 3.8) is 0 Å². The number of carbonyl (C=O) groups is 4. The average Bonchev–Trinajstić information content (AvgIpc) is 2.90. The molecule has 11 nitrogen and oxygen atoms in total. The molecular formula is C26H32BN3O8. The second kappa shape index (κ2) is 13.2. The van der Waals surface area contributed by atoms with Gasteiger partial charge in [-0.05, 0) is 31.4 Å². The van der Waals surface area contributed by atoms with Gasteiger partial charge >= 0.3 is 13.1 Å². The SMILES string of the molecule is COC(=O)[C@H]1CC(=O)OB([C@H](CC(C)C)NC(=O)C(NC(=O)c2cccc(-c3ccccc3)n2)[C@@H](C)O)O1. The Balaban J connectivity index is 1.75. The van der Waals surface area contributed by atoms with Crippen LogP contribution in [0.15, 0.2) is 48.5 Å². The van der Waals surface area contributed by atoms with Crippen molar-refractivity contribution in [2.75, 3.05) is 7.11 Å². The first kappa shape index (κ1) is 28.8. The molecule has 12 heteroatoms. The van der Waals surface area contributed by atoms with Gasteiger partial charge in [0.25, 0.3) is 11.9 Å². The van der Waals surface area contributed by atoms with Crippen LogP contribution in [-0.2, 0) is 28.4 Å². The molecule has 1 aromatic carbocycles. The number of carbonyl (C=O) groups excluding carboxylic acids is 4. The lowest BCUT2D eigenvalue weighted by Gasteiger charge is -2.32. The summed E-state index contributed by atoms with van der Waals surface area (Å²) in [6.45, 7) is 5.14. The first-order valence-corrected chi connectivity index (χ1v) is 12.3. The molecule has 3 rings (SSSR count). The van der Waals surface area contributed by atoms with E-state index in [0.29, 0.717) is 12.1 Å². The third kappa shape index (κ3) is 7.62. The molecule has 1 aliphatic rings. The highest BCUT2D eigenvalue weighted by atomic mass is 16.6. The third-order valence-corrected chi connectivity index (χ3v) is 5.85. The van der Waals surface area contributed by atoms with Gasteiger partial charge in [0.05, 0.1) is 31.3 Å². The number of hydrogen-bond acceptors (Lipinski definition) is 9. The van der Waals surface area contributed by atoms with Gasteiger partial charge in [0.15, 0.2) is 6.10 Å². The maximum Gasteiger partial charge on any atom is 0.551 e. The summed E-state index contributed by atoms with van der Waals surface area (Å²) < 4.78 is 15.6. The van der Waals surface area contributed by atoms with Crippen molar-refractivity contribution in [2.24, 2.45) is 5.92 Å². The Morgan fingerprint density at radius 3 is 2.45 bits per heavy atom. The second-order valence-corrected chi connectivity index (χ2v) is 9.42. The maximum atomic E-state index is 13.2. The normalized spacial score (nSPS) is 17.7. The van der Waals surface area contributed by atoms with Gasteiger partial charge < -0.3 is 29.8 Å². The molecule has 1 aliphatic heterocycles. The van der Waals surface area contributed by atoms with E-state index >= 15 is 0 Å². The molecule has 1 aromatic heterocycles. The van der Waals surface area contributed by atoms with Crippen molar-refractivity contribution < 1.29 is 38.3 Å². The minimum atomic E-state index is -1.35. The van der Waals surface area contributed by atoms with Crippen molar-refractivity contribution >= 4 is 30.9 Å². The number of aliphatic hydroxyl groups is 1. The molecule has 4 atom stereocenters. The number of hydrogen-bond donors (Lipinski definition) is 3. The summed E-state index contributed by atoms with van der Waals surface area (Å²) in [7, 11) is -0.0878. The molecule has 0 aliphatic carbocycles. The minimum Gasteiger partial charge on any atom is -0.508 e. The Labute approximate surface area is 221 Å². The fourth-order valence-electron chi connectivity index (χ4n) is 3.98. The van der Waals surface area contributed by atoms with Crippen molar-refractivity contribution in [3.05, 3.63) is 54.2 Å². The molecule has 1 fully saturated rings. The summed E-state index contributed by atoms with van der Waals surface area (Å²) >= 11 is 0. The van der Waals surface area contributed by atoms with Crippen molar-refractivity contribution in [1.82, 2.24) is 15.6 Å². The van der Waals surface area contributed by atoms with E-state index in [4.69, 9.17) is 9.31 Å². The number of pyridine rings is 1. The zero-order chi connectivity index (χ0) is 27.8. The number of esters is 1. The molecule has 0 spiro atoms. The van der Waals surface area contributed by atoms with Crippen molar-refractivity contribution in [2.45, 2.75) is 57.8 Å². The van der Waals surface area contributed by atoms with Crippen LogP contribution in [0, 0.1) is 5.92 Å². The number of ether oxygens (including phenoxy) is 1. The van der Waals surface area contributed by atoms with Crippen LogP contribution in [0.25, 0.3) is 11.3 Å². The van der Waals surface area contributed by atoms with Crippen molar-refractivity contribution in [3.8, 4) is 11.3 Å². The summed E-state index contributed by atoms with van der Waals surface area (Å²) in [6.07, 6.45) is -2.44. The van der Waals surface area contributed by atoms with E-state index in [-0.39, 0.29) is 18.0 Å². The molecule has 202 valence electrons. The van der Waals surface area contributed by atoms with E-state index in [9.17, 15) is 24.3 Å². The summed E-state index contributed by atoms with van der Waals surface area (Å²) in [5.41, 5.74) is 1.45. The number of methoxy groups -OCH3 is 1. The topological polar surface area (TPSA) is 153 Å². The lowest BCUT2D eigenvalue weighted by Crippen LogP contribution is -2.60. The van der Waals surface area contributed by atoms with Gasteiger partial charge in [-0.1, -0.05) is 50.2 Å². The largest absolute Gasteiger partial charge is 0.551 e. The second-order valence-electron chi connectivity index (χ2n) is 9.42. The van der Waals surface area contributed by atoms with Gasteiger partial charge in [-0.15, -0.1) is 0 Å². The van der Waals surface area contributed by atoms with Gasteiger partial charge in [0, 0.05) is 5.56 Å². The average molecular weight is 525 g/mol. The van der Waals surface area contributed by atoms with E-state index in [1.807, 2.05) is 44.2 Å². The fourth-order valence-corrected chi connectivity index (χ4v) is 3.98. The van der Waals surface area contributed by atoms with Gasteiger partial charge in [-0.3, -0.25) is 14.4 Å². The molecule has 2 amide bonds. The number of aromatic nitrogens is 1. The van der Waals surface area contributed by atoms with E-state index in [0.717, 1.165) is 5.56 Å². The Bertz CT molecular complexity index is 1140. The summed E-state index contributed by atoms with van der Waals surface area (Å²) in [6, 6.07) is 12.9. The van der Waals surface area contributed by atoms with Gasteiger partial charge in [-0.25, -0.2) is 9.78 Å². The predicted molar refractivity (Wildman–Crippen MR) is 137 cm³/mol. The van der Waals surface area contributed by atoms with Crippen LogP contribution in [0.5, 0.6) is 0 Å². The van der Waals surface area contributed by atoms with Crippen LogP contribution in [0.4, 0.5) is 0 Å². The third-order valence-electron chi connectivity index (χ3n) is 5.85. The van der Waals surface area contributed by atoms with Crippen LogP contribution in [0.1, 0.15) is 44.1 Å². The molecule has 0 radical (unpaired) electrons. The minimum absolute atomic E-state index is 0.0330. The zero-order valence-electron chi connectivity index (χ0n) is 21.7. The first-order valence-electron chi connectivity index (χ1n) is 12.3. The van der Waals surface area contributed by atoms with E-state index in [1.165, 1.54) is 20.1 Å². The number of amides is 2. The highest BCUT2D eigenvalue weighted by molar-refractivity contribution is 6.50. The van der Waals surface area contributed by atoms with Gasteiger partial charge in [0.1, 0.15) is 11.7 Å². The van der Waals surface area contributed by atoms with Crippen LogP contribution >= 0.6 is 0 Å². The summed E-state index contributed by atoms with van der Waals surface area (Å²) in [5, 5.41) is 15.6. The highest BCUT2D eigenvalue weighted by Gasteiger charge is 2.45. The standard InChI is InChI=1S/C26H32BN3O8/c1-15(2)13-21(27-37-20(26(35)36-4)14-22(32)38-27)29-25(34)23(16(3)31)30-24(33)19-12-8-11-18(28-19)17-9-6-5-7-10-17/h5-12,15-16,20-21,23,31H,13-14H2,1-4H3,(H,29,34)(H,30,33)/t16-,20-,21+,23?/m1/s1. The molecule has 0 bridgehead atoms. The molecule has 38 heavy (non-hydrogen) atoms. The molecule has 1 unspecified atom stereocenters. The summed E-state index contributed by atoms with van der Waals surface area (Å²) in [4.78, 5) is 54.7. The molecular weight excluding hydrogens is 493 g/mol.